The summed E-state index contributed by atoms with van der Waals surface area (Å²) in [6, 6.07) is 17.4. The SMILES string of the molecule is CN(C)C(=O)c1ccc(-c2csc(NC(=O)CCCCCCSC(=O)CCc3ccccc3)n2)cc1. The zero-order valence-corrected chi connectivity index (χ0v) is 22.5. The Balaban J connectivity index is 1.27. The summed E-state index contributed by atoms with van der Waals surface area (Å²) in [4.78, 5) is 42.4. The number of nitrogens with zero attached hydrogens (tertiary/aromatic N) is 2. The van der Waals surface area contributed by atoms with Gasteiger partial charge < -0.3 is 10.2 Å². The first-order valence-corrected chi connectivity index (χ1v) is 14.1. The predicted molar refractivity (Wildman–Crippen MR) is 150 cm³/mol. The van der Waals surface area contributed by atoms with Gasteiger partial charge in [-0.1, -0.05) is 67.1 Å². The highest BCUT2D eigenvalue weighted by Crippen LogP contribution is 2.25. The molecule has 1 heterocycles. The number of rotatable bonds is 13. The van der Waals surface area contributed by atoms with Crippen molar-refractivity contribution in [1.29, 1.82) is 0 Å². The van der Waals surface area contributed by atoms with E-state index >= 15 is 0 Å². The maximum Gasteiger partial charge on any atom is 0.253 e. The summed E-state index contributed by atoms with van der Waals surface area (Å²) in [6.45, 7) is 0. The van der Waals surface area contributed by atoms with Gasteiger partial charge in [0.2, 0.25) is 5.91 Å². The van der Waals surface area contributed by atoms with Crippen LogP contribution in [0.15, 0.2) is 60.0 Å². The van der Waals surface area contributed by atoms with Crippen molar-refractivity contribution >= 4 is 45.2 Å². The molecule has 36 heavy (non-hydrogen) atoms. The van der Waals surface area contributed by atoms with Crippen molar-refractivity contribution in [3.63, 3.8) is 0 Å². The number of hydrogen-bond acceptors (Lipinski definition) is 6. The molecule has 8 heteroatoms. The molecule has 2 aromatic carbocycles. The number of thiazole rings is 1. The summed E-state index contributed by atoms with van der Waals surface area (Å²) in [5.74, 6) is 0.763. The molecular formula is C28H33N3O3S2. The molecule has 0 unspecified atom stereocenters. The number of amides is 2. The Morgan fingerprint density at radius 2 is 1.64 bits per heavy atom. The van der Waals surface area contributed by atoms with Crippen LogP contribution in [-0.2, 0) is 16.0 Å². The van der Waals surface area contributed by atoms with Crippen LogP contribution in [0.25, 0.3) is 11.3 Å². The standard InChI is InChI=1S/C28H33N3O3S2/c1-31(2)27(34)23-16-14-22(15-17-23)24-20-36-28(29-24)30-25(32)12-8-3-4-9-19-35-26(33)18-13-21-10-6-5-7-11-21/h5-7,10-11,14-17,20H,3-4,8-9,12-13,18-19H2,1-2H3,(H,29,30,32). The minimum absolute atomic E-state index is 0.0340. The fraction of sp³-hybridized carbons (Fsp3) is 0.357. The zero-order chi connectivity index (χ0) is 25.8. The first-order chi connectivity index (χ1) is 17.4. The quantitative estimate of drug-likeness (QED) is 0.266. The molecule has 0 saturated carbocycles. The van der Waals surface area contributed by atoms with Crippen LogP contribution >= 0.6 is 23.1 Å². The summed E-state index contributed by atoms with van der Waals surface area (Å²) >= 11 is 2.81. The zero-order valence-electron chi connectivity index (χ0n) is 20.9. The molecule has 0 aliphatic carbocycles. The van der Waals surface area contributed by atoms with E-state index in [1.807, 2.05) is 35.7 Å². The van der Waals surface area contributed by atoms with Crippen molar-refractivity contribution in [2.24, 2.45) is 0 Å². The molecule has 0 atom stereocenters. The Kier molecular flexibility index (Phi) is 11.2. The van der Waals surface area contributed by atoms with Crippen molar-refractivity contribution < 1.29 is 14.4 Å². The molecule has 0 spiro atoms. The smallest absolute Gasteiger partial charge is 0.253 e. The van der Waals surface area contributed by atoms with Crippen molar-refractivity contribution in [3.8, 4) is 11.3 Å². The van der Waals surface area contributed by atoms with Gasteiger partial charge in [-0.2, -0.15) is 0 Å². The number of benzene rings is 2. The lowest BCUT2D eigenvalue weighted by Crippen LogP contribution is -2.21. The van der Waals surface area contributed by atoms with Gasteiger partial charge in [-0.15, -0.1) is 11.3 Å². The fourth-order valence-electron chi connectivity index (χ4n) is 3.58. The van der Waals surface area contributed by atoms with Gasteiger partial charge in [-0.25, -0.2) is 4.98 Å². The second-order valence-corrected chi connectivity index (χ2v) is 10.7. The molecule has 0 fully saturated rings. The Bertz CT molecular complexity index is 1130. The van der Waals surface area contributed by atoms with Crippen molar-refractivity contribution in [1.82, 2.24) is 9.88 Å². The van der Waals surface area contributed by atoms with E-state index in [1.54, 1.807) is 31.1 Å². The van der Waals surface area contributed by atoms with E-state index in [2.05, 4.69) is 22.4 Å². The molecule has 2 amide bonds. The normalized spacial score (nSPS) is 10.7. The molecule has 0 radical (unpaired) electrons. The summed E-state index contributed by atoms with van der Waals surface area (Å²) in [7, 11) is 3.45. The monoisotopic (exact) mass is 523 g/mol. The highest BCUT2D eigenvalue weighted by molar-refractivity contribution is 8.13. The van der Waals surface area contributed by atoms with Crippen molar-refractivity contribution in [2.45, 2.75) is 44.9 Å². The molecular weight excluding hydrogens is 490 g/mol. The molecule has 3 aromatic rings. The van der Waals surface area contributed by atoms with Gasteiger partial charge in [0, 0.05) is 49.2 Å². The van der Waals surface area contributed by atoms with Gasteiger partial charge in [0.05, 0.1) is 5.69 Å². The minimum atomic E-state index is -0.0427. The lowest BCUT2D eigenvalue weighted by Gasteiger charge is -2.10. The molecule has 3 rings (SSSR count). The molecule has 0 aliphatic rings. The Morgan fingerprint density at radius 1 is 0.917 bits per heavy atom. The van der Waals surface area contributed by atoms with Crippen LogP contribution in [0.2, 0.25) is 0 Å². The van der Waals surface area contributed by atoms with Gasteiger partial charge >= 0.3 is 0 Å². The number of aryl methyl sites for hydroxylation is 1. The molecule has 0 aliphatic heterocycles. The van der Waals surface area contributed by atoms with E-state index in [4.69, 9.17) is 0 Å². The number of hydrogen-bond donors (Lipinski definition) is 1. The number of carbonyl (C=O) groups excluding carboxylic acids is 3. The molecule has 6 nitrogen and oxygen atoms in total. The second kappa shape index (κ2) is 14.6. The van der Waals surface area contributed by atoms with Crippen molar-refractivity contribution in [2.75, 3.05) is 25.2 Å². The average molecular weight is 524 g/mol. The van der Waals surface area contributed by atoms with E-state index in [1.165, 1.54) is 28.7 Å². The second-order valence-electron chi connectivity index (χ2n) is 8.73. The third kappa shape index (κ3) is 9.24. The van der Waals surface area contributed by atoms with Crippen LogP contribution in [0.3, 0.4) is 0 Å². The highest BCUT2D eigenvalue weighted by Gasteiger charge is 2.11. The molecule has 0 bridgehead atoms. The Labute approximate surface area is 221 Å². The topological polar surface area (TPSA) is 79.4 Å². The third-order valence-electron chi connectivity index (χ3n) is 5.61. The number of aromatic nitrogens is 1. The lowest BCUT2D eigenvalue weighted by atomic mass is 10.1. The number of unbranched alkanes of at least 4 members (excludes halogenated alkanes) is 3. The predicted octanol–water partition coefficient (Wildman–Crippen LogP) is 6.29. The summed E-state index contributed by atoms with van der Waals surface area (Å²) in [6.07, 6.45) is 5.62. The molecule has 1 N–H and O–H groups in total. The summed E-state index contributed by atoms with van der Waals surface area (Å²) in [5.41, 5.74) is 3.50. The fourth-order valence-corrected chi connectivity index (χ4v) is 5.14. The molecule has 1 aromatic heterocycles. The number of thioether (sulfide) groups is 1. The van der Waals surface area contributed by atoms with Crippen LogP contribution in [-0.4, -0.2) is 46.7 Å². The van der Waals surface area contributed by atoms with E-state index < -0.39 is 0 Å². The van der Waals surface area contributed by atoms with Gasteiger partial charge in [0.15, 0.2) is 10.2 Å². The number of anilines is 1. The average Bonchev–Trinajstić information content (AvgIpc) is 3.35. The van der Waals surface area contributed by atoms with Gasteiger partial charge in [0.25, 0.3) is 5.91 Å². The maximum absolute atomic E-state index is 12.3. The Hall–Kier alpha value is -2.97. The van der Waals surface area contributed by atoms with Crippen molar-refractivity contribution in [3.05, 3.63) is 71.1 Å². The van der Waals surface area contributed by atoms with E-state index in [9.17, 15) is 14.4 Å². The van der Waals surface area contributed by atoms with Crippen LogP contribution in [0.5, 0.6) is 0 Å². The van der Waals surface area contributed by atoms with Gasteiger partial charge in [0.1, 0.15) is 0 Å². The Morgan fingerprint density at radius 3 is 2.36 bits per heavy atom. The van der Waals surface area contributed by atoms with Gasteiger partial charge in [-0.3, -0.25) is 14.4 Å². The van der Waals surface area contributed by atoms with Crippen LogP contribution in [0, 0.1) is 0 Å². The van der Waals surface area contributed by atoms with Crippen LogP contribution < -0.4 is 5.32 Å². The van der Waals surface area contributed by atoms with E-state index in [0.717, 1.165) is 49.1 Å². The van der Waals surface area contributed by atoms with Gasteiger partial charge in [-0.05, 0) is 37.0 Å². The van der Waals surface area contributed by atoms with Crippen LogP contribution in [0.4, 0.5) is 5.13 Å². The van der Waals surface area contributed by atoms with E-state index in [-0.39, 0.29) is 16.9 Å². The van der Waals surface area contributed by atoms with Crippen LogP contribution in [0.1, 0.15) is 54.4 Å². The first-order valence-electron chi connectivity index (χ1n) is 12.2. The number of nitrogens with one attached hydrogen (secondary N) is 1. The first kappa shape index (κ1) is 27.6. The molecule has 0 saturated heterocycles. The number of carbonyl (C=O) groups is 3. The lowest BCUT2D eigenvalue weighted by molar-refractivity contribution is -0.116. The summed E-state index contributed by atoms with van der Waals surface area (Å²) in [5, 5.41) is 5.61. The molecule has 190 valence electrons. The maximum atomic E-state index is 12.3. The largest absolute Gasteiger partial charge is 0.345 e. The van der Waals surface area contributed by atoms with E-state index in [0.29, 0.717) is 23.5 Å². The third-order valence-corrected chi connectivity index (χ3v) is 7.38. The highest BCUT2D eigenvalue weighted by atomic mass is 32.2. The summed E-state index contributed by atoms with van der Waals surface area (Å²) < 4.78 is 0. The minimum Gasteiger partial charge on any atom is -0.345 e.